The predicted octanol–water partition coefficient (Wildman–Crippen LogP) is 5.96. The molecule has 1 amide bonds. The molecule has 0 spiro atoms. The van der Waals surface area contributed by atoms with Gasteiger partial charge in [-0.1, -0.05) is 18.1 Å². The van der Waals surface area contributed by atoms with E-state index in [1.54, 1.807) is 68.0 Å². The molecule has 2 atom stereocenters. The number of hydrogen-bond donors (Lipinski definition) is 1. The van der Waals surface area contributed by atoms with Crippen LogP contribution in [-0.4, -0.2) is 74.0 Å². The average Bonchev–Trinajstić information content (AvgIpc) is 3.89. The molecule has 16 heteroatoms. The Bertz CT molecular complexity index is 3180. The summed E-state index contributed by atoms with van der Waals surface area (Å²) in [4.78, 5) is 46.7. The summed E-state index contributed by atoms with van der Waals surface area (Å²) < 4.78 is 34.4. The van der Waals surface area contributed by atoms with Gasteiger partial charge in [-0.15, -0.1) is 0 Å². The summed E-state index contributed by atoms with van der Waals surface area (Å²) in [6, 6.07) is 17.5. The Morgan fingerprint density at radius 1 is 0.934 bits per heavy atom. The lowest BCUT2D eigenvalue weighted by molar-refractivity contribution is 0.0721. The minimum atomic E-state index is -0.802. The number of fused-ring (bicyclic) bond motifs is 3. The smallest absolute Gasteiger partial charge is 0.381 e. The summed E-state index contributed by atoms with van der Waals surface area (Å²) >= 11 is 0. The van der Waals surface area contributed by atoms with Gasteiger partial charge in [0.05, 0.1) is 35.3 Å². The molecule has 5 aromatic heterocycles. The molecular formula is C45H43FN10O5. The number of nitrogens with one attached hydrogen (secondary N) is 1. The molecule has 1 aliphatic carbocycles. The SMILES string of the molecule is Cc1cc(-n2nc3c(c2-n2ccn(-c4ccc5c(cnn5C)c4)c2=O)CN(C(=O)c2cc4cc(C5CCOCC5)ccc4n2[C@@]2(c4noc(=O)[nH]4)C[C@@H]2C)CC3)cc(C)c1F. The zero-order valence-electron chi connectivity index (χ0n) is 34.2. The number of imidazole rings is 1. The molecular weight excluding hydrogens is 780 g/mol. The molecule has 310 valence electrons. The first-order valence-corrected chi connectivity index (χ1v) is 20.7. The van der Waals surface area contributed by atoms with E-state index in [1.165, 1.54) is 5.56 Å². The van der Waals surface area contributed by atoms with Crippen molar-refractivity contribution in [3.05, 3.63) is 140 Å². The fourth-order valence-corrected chi connectivity index (χ4v) is 9.88. The molecule has 61 heavy (non-hydrogen) atoms. The van der Waals surface area contributed by atoms with Crippen LogP contribution < -0.4 is 11.4 Å². The third-order valence-electron chi connectivity index (χ3n) is 13.2. The highest BCUT2D eigenvalue weighted by Crippen LogP contribution is 2.56. The highest BCUT2D eigenvalue weighted by atomic mass is 19.1. The van der Waals surface area contributed by atoms with Crippen molar-refractivity contribution in [1.82, 2.24) is 48.3 Å². The number of aryl methyl sites for hydroxylation is 3. The molecule has 3 aliphatic rings. The van der Waals surface area contributed by atoms with E-state index in [4.69, 9.17) is 14.4 Å². The standard InChI is InChI=1S/C45H43FN10O5/c1-25-17-33(18-26(2)39(25)46)56-40(54-14-13-53(44(54)59)32-6-8-36-31(20-32)23-47-51(36)4)34-24-52(12-9-35(34)49-56)41(57)38-21-30-19-29(28-10-15-60-16-11-28)5-7-37(30)55(38)45(22-27(45)3)42-48-43(58)61-50-42/h5-8,13-14,17-21,23,27-28H,9-12,15-16,22,24H2,1-4H3,(H,48,50,58)/t27-,45-/m0/s1. The normalized spacial score (nSPS) is 19.3. The Hall–Kier alpha value is -6.81. The van der Waals surface area contributed by atoms with Crippen molar-refractivity contribution in [3.63, 3.8) is 0 Å². The van der Waals surface area contributed by atoms with Crippen LogP contribution in [0.4, 0.5) is 4.39 Å². The molecule has 1 saturated heterocycles. The summed E-state index contributed by atoms with van der Waals surface area (Å²) in [5, 5.41) is 15.4. The minimum Gasteiger partial charge on any atom is -0.381 e. The van der Waals surface area contributed by atoms with E-state index in [9.17, 15) is 9.59 Å². The van der Waals surface area contributed by atoms with Crippen molar-refractivity contribution >= 4 is 27.7 Å². The number of rotatable bonds is 7. The van der Waals surface area contributed by atoms with Crippen LogP contribution in [0.5, 0.6) is 0 Å². The van der Waals surface area contributed by atoms with E-state index in [0.29, 0.717) is 83.9 Å². The Morgan fingerprint density at radius 3 is 2.43 bits per heavy atom. The third kappa shape index (κ3) is 5.71. The van der Waals surface area contributed by atoms with Crippen molar-refractivity contribution in [1.29, 1.82) is 0 Å². The maximum absolute atomic E-state index is 15.2. The lowest BCUT2D eigenvalue weighted by atomic mass is 9.91. The van der Waals surface area contributed by atoms with Crippen LogP contribution in [-0.2, 0) is 30.3 Å². The first-order valence-electron chi connectivity index (χ1n) is 20.7. The van der Waals surface area contributed by atoms with Crippen LogP contribution in [0.15, 0.2) is 87.3 Å². The summed E-state index contributed by atoms with van der Waals surface area (Å²) in [5.74, 6) is 0.0782. The summed E-state index contributed by atoms with van der Waals surface area (Å²) in [6.07, 6.45) is 8.10. The van der Waals surface area contributed by atoms with Crippen LogP contribution in [0, 0.1) is 25.6 Å². The van der Waals surface area contributed by atoms with Crippen molar-refractivity contribution in [3.8, 4) is 17.2 Å². The fraction of sp³-hybridized carbons (Fsp3) is 0.333. The number of carbonyl (C=O) groups excluding carboxylic acids is 1. The number of carbonyl (C=O) groups is 1. The number of aromatic amines is 1. The van der Waals surface area contributed by atoms with Crippen LogP contribution in [0.2, 0.25) is 0 Å². The van der Waals surface area contributed by atoms with Gasteiger partial charge < -0.3 is 14.2 Å². The number of hydrogen-bond acceptors (Lipinski definition) is 8. The summed E-state index contributed by atoms with van der Waals surface area (Å²) in [5.41, 5.74) is 5.93. The van der Waals surface area contributed by atoms with Crippen molar-refractivity contribution in [2.45, 2.75) is 64.5 Å². The van der Waals surface area contributed by atoms with E-state index in [0.717, 1.165) is 40.3 Å². The molecule has 11 rings (SSSR count). The number of nitrogens with zero attached hydrogens (tertiary/aromatic N) is 9. The zero-order chi connectivity index (χ0) is 41.9. The van der Waals surface area contributed by atoms with Crippen molar-refractivity contribution in [2.24, 2.45) is 13.0 Å². The van der Waals surface area contributed by atoms with E-state index >= 15 is 9.18 Å². The molecule has 2 fully saturated rings. The Kier molecular flexibility index (Phi) is 8.30. The van der Waals surface area contributed by atoms with Gasteiger partial charge in [0, 0.05) is 67.5 Å². The predicted molar refractivity (Wildman–Crippen MR) is 223 cm³/mol. The van der Waals surface area contributed by atoms with E-state index in [2.05, 4.69) is 40.4 Å². The second-order valence-corrected chi connectivity index (χ2v) is 16.9. The second kappa shape index (κ2) is 13.6. The Morgan fingerprint density at radius 2 is 1.69 bits per heavy atom. The van der Waals surface area contributed by atoms with Gasteiger partial charge in [-0.2, -0.15) is 10.2 Å². The second-order valence-electron chi connectivity index (χ2n) is 16.9. The molecule has 2 aliphatic heterocycles. The molecule has 0 bridgehead atoms. The van der Waals surface area contributed by atoms with Crippen LogP contribution in [0.3, 0.4) is 0 Å². The number of H-pyrrole nitrogens is 1. The van der Waals surface area contributed by atoms with Crippen LogP contribution >= 0.6 is 0 Å². The number of amides is 1. The lowest BCUT2D eigenvalue weighted by Crippen LogP contribution is -2.39. The molecule has 7 heterocycles. The summed E-state index contributed by atoms with van der Waals surface area (Å²) in [7, 11) is 1.87. The molecule has 8 aromatic rings. The average molecular weight is 823 g/mol. The van der Waals surface area contributed by atoms with E-state index < -0.39 is 11.3 Å². The third-order valence-corrected chi connectivity index (χ3v) is 13.2. The van der Waals surface area contributed by atoms with Gasteiger partial charge in [-0.25, -0.2) is 18.7 Å². The number of ether oxygens (including phenoxy) is 1. The molecule has 3 aromatic carbocycles. The molecule has 1 saturated carbocycles. The van der Waals surface area contributed by atoms with Gasteiger partial charge in [0.25, 0.3) is 5.91 Å². The van der Waals surface area contributed by atoms with Gasteiger partial charge in [0.2, 0.25) is 0 Å². The Labute approximate surface area is 347 Å². The van der Waals surface area contributed by atoms with Gasteiger partial charge in [0.15, 0.2) is 5.82 Å². The van der Waals surface area contributed by atoms with Crippen molar-refractivity contribution < 1.29 is 18.4 Å². The largest absolute Gasteiger partial charge is 0.438 e. The number of aromatic nitrogens is 9. The molecule has 0 radical (unpaired) electrons. The molecule has 1 N–H and O–H groups in total. The fourth-order valence-electron chi connectivity index (χ4n) is 9.88. The van der Waals surface area contributed by atoms with Gasteiger partial charge in [-0.05, 0) is 110 Å². The van der Waals surface area contributed by atoms with Gasteiger partial charge in [-0.3, -0.25) is 28.1 Å². The molecule has 0 unspecified atom stereocenters. The monoisotopic (exact) mass is 822 g/mol. The topological polar surface area (TPSA) is 156 Å². The van der Waals surface area contributed by atoms with Crippen molar-refractivity contribution in [2.75, 3.05) is 19.8 Å². The number of benzene rings is 3. The van der Waals surface area contributed by atoms with E-state index in [-0.39, 0.29) is 29.9 Å². The minimum absolute atomic E-state index is 0.0424. The number of halogens is 1. The van der Waals surface area contributed by atoms with E-state index in [1.807, 2.05) is 35.9 Å². The molecule has 15 nitrogen and oxygen atoms in total. The Balaban J connectivity index is 1.04. The van der Waals surface area contributed by atoms with Gasteiger partial charge >= 0.3 is 11.4 Å². The maximum atomic E-state index is 15.2. The lowest BCUT2D eigenvalue weighted by Gasteiger charge is -2.29. The zero-order valence-corrected chi connectivity index (χ0v) is 34.2. The quantitative estimate of drug-likeness (QED) is 0.207. The highest BCUT2D eigenvalue weighted by molar-refractivity contribution is 5.99. The first kappa shape index (κ1) is 37.2. The van der Waals surface area contributed by atoms with Crippen LogP contribution in [0.1, 0.15) is 76.4 Å². The maximum Gasteiger partial charge on any atom is 0.438 e. The first-order chi connectivity index (χ1) is 29.5. The van der Waals surface area contributed by atoms with Gasteiger partial charge in [0.1, 0.15) is 22.9 Å². The highest BCUT2D eigenvalue weighted by Gasteiger charge is 2.59. The summed E-state index contributed by atoms with van der Waals surface area (Å²) in [6.45, 7) is 7.43. The van der Waals surface area contributed by atoms with Crippen LogP contribution in [0.25, 0.3) is 39.0 Å².